The lowest BCUT2D eigenvalue weighted by molar-refractivity contribution is -0.432. The zero-order chi connectivity index (χ0) is 45.0. The third-order valence-electron chi connectivity index (χ3n) is 8.44. The Morgan fingerprint density at radius 1 is 0.790 bits per heavy atom. The minimum atomic E-state index is -4.71. The Bertz CT molecular complexity index is 2630. The molecular weight excluding hydrogens is 877 g/mol. The summed E-state index contributed by atoms with van der Waals surface area (Å²) in [6, 6.07) is 17.6. The molecule has 5 aromatic rings. The van der Waals surface area contributed by atoms with Crippen molar-refractivity contribution in [1.29, 1.82) is 0 Å². The van der Waals surface area contributed by atoms with E-state index in [1.807, 2.05) is 0 Å². The number of benzene rings is 5. The average molecular weight is 913 g/mol. The summed E-state index contributed by atoms with van der Waals surface area (Å²) < 4.78 is 54.2. The Hall–Kier alpha value is -5.90. The number of Topliss-reactive ketones (excluding diaryl/α,β-unsaturated/α-hetero) is 1. The van der Waals surface area contributed by atoms with Gasteiger partial charge in [-0.2, -0.15) is 28.9 Å². The summed E-state index contributed by atoms with van der Waals surface area (Å²) in [5.41, 5.74) is 2.58. The molecule has 1 unspecified atom stereocenters. The van der Waals surface area contributed by atoms with Gasteiger partial charge in [0.05, 0.1) is 66.2 Å². The molecule has 2 amide bonds. The van der Waals surface area contributed by atoms with E-state index in [0.717, 1.165) is 6.07 Å². The fourth-order valence-electron chi connectivity index (χ4n) is 5.53. The monoisotopic (exact) mass is 912 g/mol. The zero-order valence-electron chi connectivity index (χ0n) is 32.8. The number of hydrogen-bond donors (Lipinski definition) is 6. The van der Waals surface area contributed by atoms with Gasteiger partial charge in [-0.3, -0.25) is 18.9 Å². The number of nitrogens with one attached hydrogen (secondary N) is 2. The first-order valence-electron chi connectivity index (χ1n) is 17.6. The number of carbonyl (C=O) groups excluding carboxylic acids is 3. The minimum Gasteiger partial charge on any atom is -0.495 e. The number of aryl methyl sites for hydroxylation is 2. The van der Waals surface area contributed by atoms with Crippen LogP contribution in [-0.2, 0) is 38.5 Å². The van der Waals surface area contributed by atoms with Gasteiger partial charge in [-0.1, -0.05) is 16.1 Å². The maximum Gasteiger partial charge on any atom is 0.295 e. The van der Waals surface area contributed by atoms with E-state index < -0.39 is 38.7 Å². The number of methoxy groups -OCH3 is 1. The zero-order valence-corrected chi connectivity index (χ0v) is 35.2. The standard InChI is InChI=1S/C38H36N6O15S3/c1-20-13-31(33(55-12-11-45)18-29(20)43-42-26-10-7-24-15-27(60-58-56-49)17-35(28(24)16-26)62(51,52)53)39-37(47)23-5-8-25(9-6-23)41-44-36(22(3)46)38(48)40-30-14-21(2)34(61-59-57-50)19-32(30)54-4/h5-10,13-19,36,45,49-50H,11-12H2,1-4H3,(H,39,47)(H,40,48)(H,51,52,53). The number of aliphatic hydroxyl groups is 1. The lowest BCUT2D eigenvalue weighted by Crippen LogP contribution is -2.32. The molecular formula is C38H36N6O15S3. The van der Waals surface area contributed by atoms with Crippen LogP contribution in [0.5, 0.6) is 11.5 Å². The second kappa shape index (κ2) is 21.8. The third-order valence-corrected chi connectivity index (χ3v) is 10.6. The van der Waals surface area contributed by atoms with Crippen molar-refractivity contribution < 1.29 is 71.2 Å². The van der Waals surface area contributed by atoms with Crippen molar-refractivity contribution in [3.05, 3.63) is 95.6 Å². The first-order valence-corrected chi connectivity index (χ1v) is 20.5. The van der Waals surface area contributed by atoms with E-state index in [4.69, 9.17) is 20.0 Å². The predicted octanol–water partition coefficient (Wildman–Crippen LogP) is 8.29. The van der Waals surface area contributed by atoms with Crippen LogP contribution in [0.3, 0.4) is 0 Å². The maximum atomic E-state index is 13.4. The van der Waals surface area contributed by atoms with E-state index in [9.17, 15) is 32.5 Å². The van der Waals surface area contributed by atoms with Gasteiger partial charge in [0, 0.05) is 26.8 Å². The Kier molecular flexibility index (Phi) is 16.5. The van der Waals surface area contributed by atoms with Gasteiger partial charge in [0.2, 0.25) is 6.04 Å². The van der Waals surface area contributed by atoms with Gasteiger partial charge < -0.3 is 25.2 Å². The number of azo groups is 2. The summed E-state index contributed by atoms with van der Waals surface area (Å²) in [5, 5.41) is 56.0. The summed E-state index contributed by atoms with van der Waals surface area (Å²) in [6.45, 7) is 4.11. The largest absolute Gasteiger partial charge is 0.495 e. The molecule has 5 aromatic carbocycles. The Balaban J connectivity index is 1.31. The fourth-order valence-corrected chi connectivity index (χ4v) is 7.23. The summed E-state index contributed by atoms with van der Waals surface area (Å²) in [5.74, 6) is -1.57. The molecule has 0 heterocycles. The molecule has 0 aliphatic carbocycles. The topological polar surface area (TPSA) is 295 Å². The lowest BCUT2D eigenvalue weighted by Gasteiger charge is -2.15. The second-order valence-corrected chi connectivity index (χ2v) is 15.6. The van der Waals surface area contributed by atoms with E-state index in [0.29, 0.717) is 51.2 Å². The van der Waals surface area contributed by atoms with Crippen LogP contribution in [-0.4, -0.2) is 72.6 Å². The predicted molar refractivity (Wildman–Crippen MR) is 223 cm³/mol. The van der Waals surface area contributed by atoms with Crippen LogP contribution >= 0.6 is 24.1 Å². The Morgan fingerprint density at radius 3 is 2.13 bits per heavy atom. The van der Waals surface area contributed by atoms with Crippen LogP contribution in [0, 0.1) is 13.8 Å². The van der Waals surface area contributed by atoms with E-state index >= 15 is 0 Å². The SMILES string of the molecule is COc1cc(SOOO)c(C)cc1NC(=O)C(N=Nc1ccc(C(=O)Nc2cc(C)c(N=Nc3ccc4cc(SOOO)cc(S(=O)(=O)O)c4c3)cc2OCCO)cc1)C(C)=O. The molecule has 0 spiro atoms. The van der Waals surface area contributed by atoms with Crippen molar-refractivity contribution in [1.82, 2.24) is 0 Å². The number of amides is 2. The van der Waals surface area contributed by atoms with Gasteiger partial charge in [0.25, 0.3) is 21.9 Å². The molecule has 0 aliphatic rings. The number of hydrogen-bond acceptors (Lipinski definition) is 20. The number of fused-ring (bicyclic) bond motifs is 1. The highest BCUT2D eigenvalue weighted by molar-refractivity contribution is 7.94. The number of anilines is 2. The van der Waals surface area contributed by atoms with Crippen molar-refractivity contribution in [2.75, 3.05) is 31.0 Å². The van der Waals surface area contributed by atoms with Crippen LogP contribution < -0.4 is 20.1 Å². The molecule has 6 N–H and O–H groups in total. The fraction of sp³-hybridized carbons (Fsp3) is 0.184. The van der Waals surface area contributed by atoms with Gasteiger partial charge in [-0.05, 0) is 104 Å². The number of aliphatic hydroxyl groups excluding tert-OH is 1. The molecule has 326 valence electrons. The number of ether oxygens (including phenoxy) is 2. The molecule has 0 aliphatic heterocycles. The van der Waals surface area contributed by atoms with Crippen LogP contribution in [0.15, 0.2) is 114 Å². The van der Waals surface area contributed by atoms with Crippen LogP contribution in [0.1, 0.15) is 28.4 Å². The molecule has 0 aromatic heterocycles. The number of nitrogens with zero attached hydrogens (tertiary/aromatic N) is 4. The summed E-state index contributed by atoms with van der Waals surface area (Å²) in [4.78, 5) is 39.2. The van der Waals surface area contributed by atoms with Gasteiger partial charge in [0.1, 0.15) is 23.0 Å². The molecule has 0 saturated carbocycles. The molecule has 5 rings (SSSR count). The number of ketones is 1. The van der Waals surface area contributed by atoms with Gasteiger partial charge in [-0.15, -0.1) is 8.67 Å². The molecule has 0 bridgehead atoms. The van der Waals surface area contributed by atoms with Crippen molar-refractivity contribution in [2.24, 2.45) is 20.5 Å². The normalized spacial score (nSPS) is 12.2. The minimum absolute atomic E-state index is 0.123. The third kappa shape index (κ3) is 12.4. The van der Waals surface area contributed by atoms with E-state index in [2.05, 4.69) is 49.8 Å². The van der Waals surface area contributed by atoms with E-state index in [-0.39, 0.29) is 63.3 Å². The first kappa shape index (κ1) is 47.2. The highest BCUT2D eigenvalue weighted by Gasteiger charge is 2.25. The summed E-state index contributed by atoms with van der Waals surface area (Å²) in [7, 11) is -3.34. The Labute approximate surface area is 360 Å². The summed E-state index contributed by atoms with van der Waals surface area (Å²) >= 11 is 1.22. The second-order valence-electron chi connectivity index (χ2n) is 12.7. The van der Waals surface area contributed by atoms with Gasteiger partial charge in [-0.25, -0.2) is 10.5 Å². The van der Waals surface area contributed by atoms with Crippen molar-refractivity contribution in [3.63, 3.8) is 0 Å². The number of carbonyl (C=O) groups is 3. The van der Waals surface area contributed by atoms with Crippen molar-refractivity contribution in [2.45, 2.75) is 41.5 Å². The molecule has 24 heteroatoms. The molecule has 0 fully saturated rings. The van der Waals surface area contributed by atoms with Crippen LogP contribution in [0.2, 0.25) is 0 Å². The molecule has 62 heavy (non-hydrogen) atoms. The van der Waals surface area contributed by atoms with Crippen LogP contribution in [0.25, 0.3) is 10.8 Å². The maximum absolute atomic E-state index is 13.4. The number of rotatable bonds is 20. The Morgan fingerprint density at radius 2 is 1.47 bits per heavy atom. The van der Waals surface area contributed by atoms with Crippen molar-refractivity contribution in [3.8, 4) is 11.5 Å². The summed E-state index contributed by atoms with van der Waals surface area (Å²) in [6.07, 6.45) is 0. The quantitative estimate of drug-likeness (QED) is 0.0107. The molecule has 1 atom stereocenters. The lowest BCUT2D eigenvalue weighted by atomic mass is 10.1. The van der Waals surface area contributed by atoms with E-state index in [1.54, 1.807) is 32.0 Å². The first-order chi connectivity index (χ1) is 29.6. The average Bonchev–Trinajstić information content (AvgIpc) is 3.24. The van der Waals surface area contributed by atoms with E-state index in [1.165, 1.54) is 68.6 Å². The molecule has 0 radical (unpaired) electrons. The molecule has 21 nitrogen and oxygen atoms in total. The smallest absolute Gasteiger partial charge is 0.295 e. The highest BCUT2D eigenvalue weighted by atomic mass is 32.2. The molecule has 0 saturated heterocycles. The van der Waals surface area contributed by atoms with Crippen LogP contribution in [0.4, 0.5) is 28.4 Å². The highest BCUT2D eigenvalue weighted by Crippen LogP contribution is 2.37. The van der Waals surface area contributed by atoms with Gasteiger partial charge in [0.15, 0.2) is 5.78 Å². The van der Waals surface area contributed by atoms with Crippen molar-refractivity contribution >= 4 is 91.0 Å². The van der Waals surface area contributed by atoms with Gasteiger partial charge >= 0.3 is 0 Å².